The Morgan fingerprint density at radius 3 is 2.83 bits per heavy atom. The molecule has 4 nitrogen and oxygen atoms in total. The molecule has 0 radical (unpaired) electrons. The maximum Gasteiger partial charge on any atom is 0.163 e. The van der Waals surface area contributed by atoms with Gasteiger partial charge in [0.25, 0.3) is 0 Å². The number of ether oxygens (including phenoxy) is 2. The standard InChI is InChI=1S/C8H13NO3/c1-8(2)11-5-7(12-8)6(10)3-4-9/h6-7,10H,3,5H2,1-2H3/t6-,7+/m1/s1. The Morgan fingerprint density at radius 1 is 1.75 bits per heavy atom. The maximum atomic E-state index is 9.35. The molecule has 0 amide bonds. The molecule has 0 spiro atoms. The summed E-state index contributed by atoms with van der Waals surface area (Å²) in [5, 5.41) is 17.7. The van der Waals surface area contributed by atoms with Gasteiger partial charge in [0.15, 0.2) is 5.79 Å². The summed E-state index contributed by atoms with van der Waals surface area (Å²) < 4.78 is 10.6. The van der Waals surface area contributed by atoms with Crippen LogP contribution in [0.3, 0.4) is 0 Å². The summed E-state index contributed by atoms with van der Waals surface area (Å²) in [6.07, 6.45) is -1.01. The first kappa shape index (κ1) is 9.46. The minimum absolute atomic E-state index is 0.0874. The van der Waals surface area contributed by atoms with Gasteiger partial charge in [-0.05, 0) is 13.8 Å². The predicted molar refractivity (Wildman–Crippen MR) is 41.1 cm³/mol. The minimum Gasteiger partial charge on any atom is -0.389 e. The normalized spacial score (nSPS) is 29.7. The molecule has 0 saturated carbocycles. The van der Waals surface area contributed by atoms with E-state index in [0.29, 0.717) is 6.61 Å². The predicted octanol–water partition coefficient (Wildman–Crippen LogP) is 0.412. The zero-order valence-electron chi connectivity index (χ0n) is 7.28. The Labute approximate surface area is 71.7 Å². The lowest BCUT2D eigenvalue weighted by atomic mass is 10.2. The maximum absolute atomic E-state index is 9.35. The number of nitriles is 1. The second-order valence-electron chi connectivity index (χ2n) is 3.30. The van der Waals surface area contributed by atoms with Gasteiger partial charge in [0.1, 0.15) is 6.10 Å². The Bertz CT molecular complexity index is 197. The van der Waals surface area contributed by atoms with Gasteiger partial charge in [0, 0.05) is 0 Å². The van der Waals surface area contributed by atoms with Crippen LogP contribution >= 0.6 is 0 Å². The second kappa shape index (κ2) is 3.40. The lowest BCUT2D eigenvalue weighted by molar-refractivity contribution is -0.150. The van der Waals surface area contributed by atoms with Crippen molar-refractivity contribution in [1.82, 2.24) is 0 Å². The van der Waals surface area contributed by atoms with E-state index in [2.05, 4.69) is 0 Å². The third-order valence-electron chi connectivity index (χ3n) is 1.76. The van der Waals surface area contributed by atoms with Crippen LogP contribution in [0.2, 0.25) is 0 Å². The summed E-state index contributed by atoms with van der Waals surface area (Å²) in [5.74, 6) is -0.624. The lowest BCUT2D eigenvalue weighted by Gasteiger charge is -2.18. The Kier molecular flexibility index (Phi) is 2.68. The number of hydrogen-bond acceptors (Lipinski definition) is 4. The summed E-state index contributed by atoms with van der Waals surface area (Å²) in [6.45, 7) is 3.92. The summed E-state index contributed by atoms with van der Waals surface area (Å²) in [5.41, 5.74) is 0. The van der Waals surface area contributed by atoms with Gasteiger partial charge in [-0.1, -0.05) is 0 Å². The average molecular weight is 171 g/mol. The highest BCUT2D eigenvalue weighted by Crippen LogP contribution is 2.24. The molecule has 1 saturated heterocycles. The Morgan fingerprint density at radius 2 is 2.42 bits per heavy atom. The Balaban J connectivity index is 2.42. The largest absolute Gasteiger partial charge is 0.389 e. The molecule has 0 aliphatic carbocycles. The van der Waals surface area contributed by atoms with E-state index in [1.54, 1.807) is 13.8 Å². The van der Waals surface area contributed by atoms with E-state index in [1.165, 1.54) is 0 Å². The summed E-state index contributed by atoms with van der Waals surface area (Å²) in [7, 11) is 0. The molecular weight excluding hydrogens is 158 g/mol. The van der Waals surface area contributed by atoms with Crippen LogP contribution in [0.25, 0.3) is 0 Å². The van der Waals surface area contributed by atoms with E-state index in [4.69, 9.17) is 14.7 Å². The molecule has 1 rings (SSSR count). The van der Waals surface area contributed by atoms with Crippen molar-refractivity contribution in [2.45, 2.75) is 38.3 Å². The number of aliphatic hydroxyl groups excluding tert-OH is 1. The SMILES string of the molecule is CC1(C)OC[C@@H]([C@H](O)CC#N)O1. The fourth-order valence-electron chi connectivity index (χ4n) is 1.13. The van der Waals surface area contributed by atoms with Crippen molar-refractivity contribution < 1.29 is 14.6 Å². The van der Waals surface area contributed by atoms with Crippen molar-refractivity contribution in [3.05, 3.63) is 0 Å². The quantitative estimate of drug-likeness (QED) is 0.653. The molecule has 0 bridgehead atoms. The van der Waals surface area contributed by atoms with Crippen molar-refractivity contribution in [1.29, 1.82) is 5.26 Å². The first-order chi connectivity index (χ1) is 5.55. The number of rotatable bonds is 2. The molecule has 2 atom stereocenters. The van der Waals surface area contributed by atoms with Crippen LogP contribution in [0.15, 0.2) is 0 Å². The summed E-state index contributed by atoms with van der Waals surface area (Å²) in [6, 6.07) is 1.89. The highest BCUT2D eigenvalue weighted by Gasteiger charge is 2.36. The fourth-order valence-corrected chi connectivity index (χ4v) is 1.13. The molecule has 1 aliphatic rings. The molecule has 1 heterocycles. The van der Waals surface area contributed by atoms with Gasteiger partial charge in [-0.2, -0.15) is 5.26 Å². The molecule has 0 aromatic heterocycles. The topological polar surface area (TPSA) is 62.5 Å². The molecule has 1 fully saturated rings. The molecule has 0 aromatic carbocycles. The molecule has 0 aromatic rings. The third-order valence-corrected chi connectivity index (χ3v) is 1.76. The molecule has 0 unspecified atom stereocenters. The fraction of sp³-hybridized carbons (Fsp3) is 0.875. The third kappa shape index (κ3) is 2.18. The number of hydrogen-bond donors (Lipinski definition) is 1. The summed E-state index contributed by atoms with van der Waals surface area (Å²) >= 11 is 0. The lowest BCUT2D eigenvalue weighted by Crippen LogP contribution is -2.30. The van der Waals surface area contributed by atoms with E-state index in [0.717, 1.165) is 0 Å². The number of nitrogens with zero attached hydrogens (tertiary/aromatic N) is 1. The van der Waals surface area contributed by atoms with Crippen LogP contribution in [0.1, 0.15) is 20.3 Å². The van der Waals surface area contributed by atoms with E-state index in [1.807, 2.05) is 6.07 Å². The molecule has 4 heteroatoms. The smallest absolute Gasteiger partial charge is 0.163 e. The van der Waals surface area contributed by atoms with Gasteiger partial charge in [-0.25, -0.2) is 0 Å². The van der Waals surface area contributed by atoms with Crippen LogP contribution in [-0.2, 0) is 9.47 Å². The van der Waals surface area contributed by atoms with Crippen LogP contribution in [0, 0.1) is 11.3 Å². The molecular formula is C8H13NO3. The highest BCUT2D eigenvalue weighted by molar-refractivity contribution is 4.84. The first-order valence-electron chi connectivity index (χ1n) is 3.92. The first-order valence-corrected chi connectivity index (χ1v) is 3.92. The second-order valence-corrected chi connectivity index (χ2v) is 3.30. The van der Waals surface area contributed by atoms with Gasteiger partial charge in [-0.15, -0.1) is 0 Å². The van der Waals surface area contributed by atoms with Crippen molar-refractivity contribution in [2.75, 3.05) is 6.61 Å². The van der Waals surface area contributed by atoms with Crippen LogP contribution < -0.4 is 0 Å². The van der Waals surface area contributed by atoms with Crippen molar-refractivity contribution in [3.63, 3.8) is 0 Å². The monoisotopic (exact) mass is 171 g/mol. The van der Waals surface area contributed by atoms with Crippen molar-refractivity contribution >= 4 is 0 Å². The highest BCUT2D eigenvalue weighted by atomic mass is 16.7. The van der Waals surface area contributed by atoms with Gasteiger partial charge in [0.2, 0.25) is 0 Å². The van der Waals surface area contributed by atoms with Crippen molar-refractivity contribution in [3.8, 4) is 6.07 Å². The van der Waals surface area contributed by atoms with Crippen LogP contribution in [0.4, 0.5) is 0 Å². The average Bonchev–Trinajstić information content (AvgIpc) is 2.31. The Hall–Kier alpha value is -0.630. The molecule has 68 valence electrons. The molecule has 1 N–H and O–H groups in total. The zero-order valence-corrected chi connectivity index (χ0v) is 7.28. The van der Waals surface area contributed by atoms with Gasteiger partial charge >= 0.3 is 0 Å². The van der Waals surface area contributed by atoms with E-state index >= 15 is 0 Å². The van der Waals surface area contributed by atoms with Crippen molar-refractivity contribution in [2.24, 2.45) is 0 Å². The van der Waals surface area contributed by atoms with Gasteiger partial charge in [0.05, 0.1) is 25.2 Å². The van der Waals surface area contributed by atoms with Crippen LogP contribution in [-0.4, -0.2) is 29.7 Å². The minimum atomic E-state index is -0.739. The van der Waals surface area contributed by atoms with E-state index in [9.17, 15) is 5.11 Å². The van der Waals surface area contributed by atoms with E-state index < -0.39 is 11.9 Å². The zero-order chi connectivity index (χ0) is 9.19. The number of aliphatic hydroxyl groups is 1. The summed E-state index contributed by atoms with van der Waals surface area (Å²) in [4.78, 5) is 0. The van der Waals surface area contributed by atoms with Crippen LogP contribution in [0.5, 0.6) is 0 Å². The molecule has 1 aliphatic heterocycles. The molecule has 12 heavy (non-hydrogen) atoms. The van der Waals surface area contributed by atoms with E-state index in [-0.39, 0.29) is 12.5 Å². The van der Waals surface area contributed by atoms with Gasteiger partial charge in [-0.3, -0.25) is 0 Å². The van der Waals surface area contributed by atoms with Gasteiger partial charge < -0.3 is 14.6 Å².